The molecule has 1 aromatic carbocycles. The maximum atomic E-state index is 13.1. The Kier molecular flexibility index (Phi) is 4.67. The van der Waals surface area contributed by atoms with Crippen molar-refractivity contribution in [3.63, 3.8) is 0 Å². The van der Waals surface area contributed by atoms with Crippen molar-refractivity contribution >= 4 is 17.5 Å². The predicted octanol–water partition coefficient (Wildman–Crippen LogP) is 4.42. The van der Waals surface area contributed by atoms with Crippen molar-refractivity contribution in [2.24, 2.45) is 0 Å². The summed E-state index contributed by atoms with van der Waals surface area (Å²) >= 11 is 6.00. The van der Waals surface area contributed by atoms with Crippen molar-refractivity contribution in [2.45, 2.75) is 44.1 Å². The van der Waals surface area contributed by atoms with Crippen molar-refractivity contribution in [1.29, 1.82) is 0 Å². The molecule has 0 bridgehead atoms. The molecule has 0 spiro atoms. The van der Waals surface area contributed by atoms with Gasteiger partial charge in [-0.25, -0.2) is 0 Å². The molecule has 3 rings (SSSR count). The zero-order valence-corrected chi connectivity index (χ0v) is 14.0. The van der Waals surface area contributed by atoms with E-state index in [2.05, 4.69) is 10.3 Å². The Morgan fingerprint density at radius 3 is 2.48 bits per heavy atom. The molecule has 1 aromatic heterocycles. The predicted molar refractivity (Wildman–Crippen MR) is 92.4 cm³/mol. The molecule has 23 heavy (non-hydrogen) atoms. The Morgan fingerprint density at radius 2 is 1.87 bits per heavy atom. The van der Waals surface area contributed by atoms with E-state index in [0.29, 0.717) is 5.02 Å². The third-order valence-electron chi connectivity index (χ3n) is 4.77. The number of carbonyl (C=O) groups excluding carboxylic acids is 1. The lowest BCUT2D eigenvalue weighted by Gasteiger charge is -2.30. The standard InChI is InChI=1S/C19H21ClN2O/c1-14(17-6-2-5-13-21-17)22-18(23)19(11-3-4-12-19)15-7-9-16(20)10-8-15/h2,5-10,13-14H,3-4,11-12H2,1H3,(H,22,23). The molecular weight excluding hydrogens is 308 g/mol. The molecule has 1 aliphatic rings. The fourth-order valence-corrected chi connectivity index (χ4v) is 3.56. The third-order valence-corrected chi connectivity index (χ3v) is 5.02. The fraction of sp³-hybridized carbons (Fsp3) is 0.368. The highest BCUT2D eigenvalue weighted by atomic mass is 35.5. The van der Waals surface area contributed by atoms with Gasteiger partial charge in [-0.15, -0.1) is 0 Å². The van der Waals surface area contributed by atoms with E-state index >= 15 is 0 Å². The Hall–Kier alpha value is -1.87. The van der Waals surface area contributed by atoms with Gasteiger partial charge in [0.15, 0.2) is 0 Å². The molecule has 1 heterocycles. The molecular formula is C19H21ClN2O. The number of halogens is 1. The van der Waals surface area contributed by atoms with E-state index in [1.165, 1.54) is 0 Å². The second-order valence-corrected chi connectivity index (χ2v) is 6.68. The summed E-state index contributed by atoms with van der Waals surface area (Å²) < 4.78 is 0. The Labute approximate surface area is 142 Å². The number of aromatic nitrogens is 1. The number of hydrogen-bond donors (Lipinski definition) is 1. The first-order valence-corrected chi connectivity index (χ1v) is 8.47. The van der Waals surface area contributed by atoms with Gasteiger partial charge in [0.25, 0.3) is 0 Å². The minimum absolute atomic E-state index is 0.0930. The van der Waals surface area contributed by atoms with Gasteiger partial charge in [-0.1, -0.05) is 42.6 Å². The van der Waals surface area contributed by atoms with Crippen molar-refractivity contribution in [3.8, 4) is 0 Å². The number of rotatable bonds is 4. The highest BCUT2D eigenvalue weighted by Gasteiger charge is 2.43. The summed E-state index contributed by atoms with van der Waals surface area (Å²) in [6.07, 6.45) is 5.68. The molecule has 3 nitrogen and oxygen atoms in total. The highest BCUT2D eigenvalue weighted by molar-refractivity contribution is 6.30. The van der Waals surface area contributed by atoms with Gasteiger partial charge in [0.1, 0.15) is 0 Å². The summed E-state index contributed by atoms with van der Waals surface area (Å²) in [6.45, 7) is 1.98. The number of benzene rings is 1. The van der Waals surface area contributed by atoms with E-state index in [4.69, 9.17) is 11.6 Å². The molecule has 1 aliphatic carbocycles. The van der Waals surface area contributed by atoms with E-state index in [1.807, 2.05) is 49.4 Å². The third kappa shape index (κ3) is 3.25. The number of hydrogen-bond acceptors (Lipinski definition) is 2. The molecule has 1 N–H and O–H groups in total. The summed E-state index contributed by atoms with van der Waals surface area (Å²) in [7, 11) is 0. The van der Waals surface area contributed by atoms with Crippen molar-refractivity contribution < 1.29 is 4.79 Å². The lowest BCUT2D eigenvalue weighted by molar-refractivity contribution is -0.127. The van der Waals surface area contributed by atoms with Crippen LogP contribution in [0.25, 0.3) is 0 Å². The van der Waals surface area contributed by atoms with Crippen molar-refractivity contribution in [2.75, 3.05) is 0 Å². The monoisotopic (exact) mass is 328 g/mol. The van der Waals surface area contributed by atoms with Crippen molar-refractivity contribution in [3.05, 3.63) is 64.9 Å². The molecule has 0 aliphatic heterocycles. The molecule has 120 valence electrons. The van der Waals surface area contributed by atoms with Crippen LogP contribution in [0.4, 0.5) is 0 Å². The number of pyridine rings is 1. The van der Waals surface area contributed by atoms with Gasteiger partial charge < -0.3 is 5.32 Å². The second-order valence-electron chi connectivity index (χ2n) is 6.25. The summed E-state index contributed by atoms with van der Waals surface area (Å²) in [5.41, 5.74) is 1.50. The second kappa shape index (κ2) is 6.71. The Morgan fingerprint density at radius 1 is 1.17 bits per heavy atom. The van der Waals surface area contributed by atoms with E-state index in [0.717, 1.165) is 36.9 Å². The molecule has 1 amide bonds. The first-order chi connectivity index (χ1) is 11.1. The van der Waals surface area contributed by atoms with E-state index in [1.54, 1.807) is 6.20 Å². The first kappa shape index (κ1) is 16.0. The van der Waals surface area contributed by atoms with Gasteiger partial charge in [0.2, 0.25) is 5.91 Å². The van der Waals surface area contributed by atoms with E-state index in [9.17, 15) is 4.79 Å². The van der Waals surface area contributed by atoms with Crippen molar-refractivity contribution in [1.82, 2.24) is 10.3 Å². The molecule has 1 fully saturated rings. The molecule has 1 atom stereocenters. The zero-order valence-electron chi connectivity index (χ0n) is 13.3. The van der Waals surface area contributed by atoms with Crippen LogP contribution in [0.5, 0.6) is 0 Å². The van der Waals surface area contributed by atoms with Crippen LogP contribution < -0.4 is 5.32 Å². The minimum Gasteiger partial charge on any atom is -0.347 e. The largest absolute Gasteiger partial charge is 0.347 e. The van der Waals surface area contributed by atoms with Crippen LogP contribution in [0.15, 0.2) is 48.7 Å². The Bertz CT molecular complexity index is 664. The van der Waals surface area contributed by atoms with Gasteiger partial charge in [-0.2, -0.15) is 0 Å². The maximum absolute atomic E-state index is 13.1. The average molecular weight is 329 g/mol. The maximum Gasteiger partial charge on any atom is 0.231 e. The summed E-state index contributed by atoms with van der Waals surface area (Å²) in [5, 5.41) is 3.86. The normalized spacial score (nSPS) is 17.7. The van der Waals surface area contributed by atoms with Crippen LogP contribution in [0, 0.1) is 0 Å². The molecule has 0 radical (unpaired) electrons. The van der Waals surface area contributed by atoms with Crippen LogP contribution in [0.2, 0.25) is 5.02 Å². The van der Waals surface area contributed by atoms with E-state index in [-0.39, 0.29) is 11.9 Å². The SMILES string of the molecule is CC(NC(=O)C1(c2ccc(Cl)cc2)CCCC1)c1ccccn1. The highest BCUT2D eigenvalue weighted by Crippen LogP contribution is 2.42. The molecule has 1 saturated carbocycles. The molecule has 1 unspecified atom stereocenters. The van der Waals surface area contributed by atoms with Gasteiger partial charge in [0.05, 0.1) is 17.2 Å². The zero-order chi connectivity index (χ0) is 16.3. The Balaban J connectivity index is 1.83. The molecule has 0 saturated heterocycles. The van der Waals surface area contributed by atoms with E-state index < -0.39 is 5.41 Å². The van der Waals surface area contributed by atoms with Gasteiger partial charge in [0, 0.05) is 11.2 Å². The number of amides is 1. The smallest absolute Gasteiger partial charge is 0.231 e. The lowest BCUT2D eigenvalue weighted by atomic mass is 9.78. The first-order valence-electron chi connectivity index (χ1n) is 8.10. The quantitative estimate of drug-likeness (QED) is 0.902. The van der Waals surface area contributed by atoms with Crippen LogP contribution >= 0.6 is 11.6 Å². The van der Waals surface area contributed by atoms with Crippen LogP contribution in [-0.4, -0.2) is 10.9 Å². The van der Waals surface area contributed by atoms with Gasteiger partial charge in [-0.05, 0) is 49.6 Å². The lowest BCUT2D eigenvalue weighted by Crippen LogP contribution is -2.43. The molecule has 4 heteroatoms. The fourth-order valence-electron chi connectivity index (χ4n) is 3.44. The summed E-state index contributed by atoms with van der Waals surface area (Å²) in [6, 6.07) is 13.4. The van der Waals surface area contributed by atoms with Crippen LogP contribution in [0.1, 0.15) is 49.9 Å². The average Bonchev–Trinajstić information content (AvgIpc) is 3.07. The number of nitrogens with one attached hydrogen (secondary N) is 1. The van der Waals surface area contributed by atoms with Gasteiger partial charge in [-0.3, -0.25) is 9.78 Å². The summed E-state index contributed by atoms with van der Waals surface area (Å²) in [4.78, 5) is 17.4. The number of nitrogens with zero attached hydrogens (tertiary/aromatic N) is 1. The van der Waals surface area contributed by atoms with Crippen LogP contribution in [-0.2, 0) is 10.2 Å². The van der Waals surface area contributed by atoms with Crippen LogP contribution in [0.3, 0.4) is 0 Å². The summed E-state index contributed by atoms with van der Waals surface area (Å²) in [5.74, 6) is 0.0930. The minimum atomic E-state index is -0.437. The van der Waals surface area contributed by atoms with Gasteiger partial charge >= 0.3 is 0 Å². The number of carbonyl (C=O) groups is 1. The molecule has 2 aromatic rings. The topological polar surface area (TPSA) is 42.0 Å².